The van der Waals surface area contributed by atoms with Crippen LogP contribution < -0.4 is 4.74 Å². The SMILES string of the molecule is O=C(CCCc1ccc2ccc3cccc4ccc1c2c34)Oc1ccc(N=Nc2ccccc2)cc1. The van der Waals surface area contributed by atoms with Crippen molar-refractivity contribution in [2.45, 2.75) is 19.3 Å². The summed E-state index contributed by atoms with van der Waals surface area (Å²) in [5.41, 5.74) is 2.76. The highest BCUT2D eigenvalue weighted by Crippen LogP contribution is 2.36. The van der Waals surface area contributed by atoms with Gasteiger partial charge in [-0.1, -0.05) is 72.8 Å². The van der Waals surface area contributed by atoms with Crippen molar-refractivity contribution < 1.29 is 9.53 Å². The molecule has 0 aliphatic carbocycles. The molecule has 0 spiro atoms. The van der Waals surface area contributed by atoms with Gasteiger partial charge in [-0.2, -0.15) is 10.2 Å². The molecule has 36 heavy (non-hydrogen) atoms. The molecule has 0 saturated heterocycles. The first-order valence-electron chi connectivity index (χ1n) is 12.2. The molecule has 0 N–H and O–H groups in total. The van der Waals surface area contributed by atoms with E-state index in [1.54, 1.807) is 24.3 Å². The first-order valence-corrected chi connectivity index (χ1v) is 12.2. The lowest BCUT2D eigenvalue weighted by atomic mass is 9.90. The van der Waals surface area contributed by atoms with Gasteiger partial charge in [-0.15, -0.1) is 0 Å². The van der Waals surface area contributed by atoms with Crippen LogP contribution >= 0.6 is 0 Å². The summed E-state index contributed by atoms with van der Waals surface area (Å²) in [5, 5.41) is 16.1. The molecule has 4 nitrogen and oxygen atoms in total. The van der Waals surface area contributed by atoms with Crippen LogP contribution in [-0.4, -0.2) is 5.97 Å². The molecule has 0 aromatic heterocycles. The predicted molar refractivity (Wildman–Crippen MR) is 146 cm³/mol. The maximum atomic E-state index is 12.5. The van der Waals surface area contributed by atoms with Gasteiger partial charge in [0.25, 0.3) is 0 Å². The number of azo groups is 1. The summed E-state index contributed by atoms with van der Waals surface area (Å²) < 4.78 is 5.54. The molecule has 4 heteroatoms. The molecule has 0 amide bonds. The number of carbonyl (C=O) groups is 1. The summed E-state index contributed by atoms with van der Waals surface area (Å²) in [6, 6.07) is 36.3. The predicted octanol–water partition coefficient (Wildman–Crippen LogP) is 8.93. The lowest BCUT2D eigenvalue weighted by molar-refractivity contribution is -0.134. The van der Waals surface area contributed by atoms with Gasteiger partial charge in [0.2, 0.25) is 0 Å². The van der Waals surface area contributed by atoms with E-state index >= 15 is 0 Å². The quantitative estimate of drug-likeness (QED) is 0.102. The third-order valence-corrected chi connectivity index (χ3v) is 6.55. The van der Waals surface area contributed by atoms with Crippen LogP contribution in [0, 0.1) is 0 Å². The zero-order valence-electron chi connectivity index (χ0n) is 19.7. The molecule has 6 rings (SSSR count). The van der Waals surface area contributed by atoms with Gasteiger partial charge in [0, 0.05) is 6.42 Å². The Bertz CT molecular complexity index is 1670. The first kappa shape index (κ1) is 21.9. The standard InChI is InChI=1S/C32H24N2O2/c35-30(36-28-19-17-27(18-20-28)34-33-26-9-2-1-3-10-26)11-5-6-22-12-13-25-15-14-23-7-4-8-24-16-21-29(22)32(25)31(23)24/h1-4,7-10,12-21H,5-6,11H2. The minimum Gasteiger partial charge on any atom is -0.427 e. The molecule has 0 aliphatic heterocycles. The summed E-state index contributed by atoms with van der Waals surface area (Å²) in [5.74, 6) is 0.285. The fraction of sp³-hybridized carbons (Fsp3) is 0.0938. The summed E-state index contributed by atoms with van der Waals surface area (Å²) >= 11 is 0. The lowest BCUT2D eigenvalue weighted by Crippen LogP contribution is -2.08. The summed E-state index contributed by atoms with van der Waals surface area (Å²) in [6.45, 7) is 0. The van der Waals surface area contributed by atoms with Gasteiger partial charge in [0.05, 0.1) is 11.4 Å². The van der Waals surface area contributed by atoms with Crippen LogP contribution in [0.1, 0.15) is 18.4 Å². The molecular weight excluding hydrogens is 444 g/mol. The Hall–Kier alpha value is -4.57. The highest BCUT2D eigenvalue weighted by atomic mass is 16.5. The molecule has 174 valence electrons. The highest BCUT2D eigenvalue weighted by Gasteiger charge is 2.12. The molecule has 6 aromatic rings. The number of esters is 1. The second kappa shape index (κ2) is 9.59. The van der Waals surface area contributed by atoms with E-state index in [4.69, 9.17) is 4.74 Å². The van der Waals surface area contributed by atoms with Gasteiger partial charge in [-0.3, -0.25) is 4.79 Å². The van der Waals surface area contributed by atoms with Crippen LogP contribution in [0.2, 0.25) is 0 Å². The number of carbonyl (C=O) groups excluding carboxylic acids is 1. The average molecular weight is 469 g/mol. The lowest BCUT2D eigenvalue weighted by Gasteiger charge is -2.13. The molecule has 0 aliphatic rings. The minimum absolute atomic E-state index is 0.230. The first-order chi connectivity index (χ1) is 17.7. The van der Waals surface area contributed by atoms with Gasteiger partial charge in [-0.05, 0) is 87.1 Å². The van der Waals surface area contributed by atoms with Crippen LogP contribution in [0.4, 0.5) is 11.4 Å². The van der Waals surface area contributed by atoms with Crippen LogP contribution in [0.15, 0.2) is 119 Å². The van der Waals surface area contributed by atoms with Crippen molar-refractivity contribution in [3.8, 4) is 5.75 Å². The fourth-order valence-corrected chi connectivity index (χ4v) is 4.81. The van der Waals surface area contributed by atoms with Crippen LogP contribution in [-0.2, 0) is 11.2 Å². The Morgan fingerprint density at radius 3 is 2.00 bits per heavy atom. The molecule has 0 radical (unpaired) electrons. The van der Waals surface area contributed by atoms with Crippen molar-refractivity contribution in [1.29, 1.82) is 0 Å². The Labute approximate surface area is 209 Å². The third-order valence-electron chi connectivity index (χ3n) is 6.55. The average Bonchev–Trinajstić information content (AvgIpc) is 2.92. The van der Waals surface area contributed by atoms with E-state index < -0.39 is 0 Å². The molecule has 0 atom stereocenters. The van der Waals surface area contributed by atoms with Gasteiger partial charge >= 0.3 is 5.97 Å². The zero-order valence-corrected chi connectivity index (χ0v) is 19.7. The maximum Gasteiger partial charge on any atom is 0.311 e. The second-order valence-electron chi connectivity index (χ2n) is 8.94. The van der Waals surface area contributed by atoms with E-state index in [-0.39, 0.29) is 5.97 Å². The van der Waals surface area contributed by atoms with E-state index in [0.29, 0.717) is 17.9 Å². The van der Waals surface area contributed by atoms with E-state index in [1.807, 2.05) is 30.3 Å². The van der Waals surface area contributed by atoms with E-state index in [2.05, 4.69) is 64.8 Å². The van der Waals surface area contributed by atoms with Crippen molar-refractivity contribution in [2.75, 3.05) is 0 Å². The molecule has 0 bridgehead atoms. The summed E-state index contributed by atoms with van der Waals surface area (Å²) in [4.78, 5) is 12.5. The van der Waals surface area contributed by atoms with E-state index in [9.17, 15) is 4.79 Å². The molecular formula is C32H24N2O2. The Kier molecular flexibility index (Phi) is 5.84. The minimum atomic E-state index is -0.230. The van der Waals surface area contributed by atoms with E-state index in [0.717, 1.165) is 18.5 Å². The normalized spacial score (nSPS) is 11.7. The number of aryl methyl sites for hydroxylation is 1. The monoisotopic (exact) mass is 468 g/mol. The number of ether oxygens (including phenoxy) is 1. The van der Waals surface area contributed by atoms with Crippen molar-refractivity contribution in [3.63, 3.8) is 0 Å². The van der Waals surface area contributed by atoms with Crippen LogP contribution in [0.5, 0.6) is 5.75 Å². The zero-order chi connectivity index (χ0) is 24.3. The van der Waals surface area contributed by atoms with Crippen LogP contribution in [0.25, 0.3) is 32.3 Å². The number of hydrogen-bond donors (Lipinski definition) is 0. The largest absolute Gasteiger partial charge is 0.427 e. The van der Waals surface area contributed by atoms with Gasteiger partial charge in [0.1, 0.15) is 5.75 Å². The fourth-order valence-electron chi connectivity index (χ4n) is 4.81. The van der Waals surface area contributed by atoms with Crippen LogP contribution in [0.3, 0.4) is 0 Å². The van der Waals surface area contributed by atoms with Gasteiger partial charge in [-0.25, -0.2) is 0 Å². The number of benzene rings is 6. The Balaban J connectivity index is 1.10. The molecule has 6 aromatic carbocycles. The number of rotatable bonds is 7. The molecule has 0 unspecified atom stereocenters. The maximum absolute atomic E-state index is 12.5. The van der Waals surface area contributed by atoms with Crippen molar-refractivity contribution in [2.24, 2.45) is 10.2 Å². The third kappa shape index (κ3) is 4.41. The molecule has 0 fully saturated rings. The van der Waals surface area contributed by atoms with Gasteiger partial charge in [0.15, 0.2) is 0 Å². The molecule has 0 heterocycles. The topological polar surface area (TPSA) is 51.0 Å². The van der Waals surface area contributed by atoms with Gasteiger partial charge < -0.3 is 4.74 Å². The van der Waals surface area contributed by atoms with Crippen molar-refractivity contribution in [1.82, 2.24) is 0 Å². The van der Waals surface area contributed by atoms with Crippen molar-refractivity contribution >= 4 is 49.7 Å². The second-order valence-corrected chi connectivity index (χ2v) is 8.94. The number of hydrogen-bond acceptors (Lipinski definition) is 4. The summed E-state index contributed by atoms with van der Waals surface area (Å²) in [6.07, 6.45) is 1.91. The smallest absolute Gasteiger partial charge is 0.311 e. The highest BCUT2D eigenvalue weighted by molar-refractivity contribution is 6.23. The Morgan fingerprint density at radius 2 is 1.25 bits per heavy atom. The van der Waals surface area contributed by atoms with E-state index in [1.165, 1.54) is 37.9 Å². The summed E-state index contributed by atoms with van der Waals surface area (Å²) in [7, 11) is 0. The molecule has 0 saturated carbocycles. The Morgan fingerprint density at radius 1 is 0.611 bits per heavy atom. The number of nitrogens with zero attached hydrogens (tertiary/aromatic N) is 2. The van der Waals surface area contributed by atoms with Crippen molar-refractivity contribution in [3.05, 3.63) is 115 Å².